The Kier molecular flexibility index (Phi) is 6.70. The molecule has 2 aromatic carbocycles. The second-order valence-electron chi connectivity index (χ2n) is 5.48. The minimum Gasteiger partial charge on any atom is -0.354 e. The van der Waals surface area contributed by atoms with E-state index in [0.29, 0.717) is 28.7 Å². The Bertz CT molecular complexity index is 856. The van der Waals surface area contributed by atoms with Crippen LogP contribution in [0.5, 0.6) is 0 Å². The van der Waals surface area contributed by atoms with Gasteiger partial charge in [0.05, 0.1) is 11.9 Å². The summed E-state index contributed by atoms with van der Waals surface area (Å²) in [5.74, 6) is -0.396. The summed E-state index contributed by atoms with van der Waals surface area (Å²) in [7, 11) is -3.62. The standard InChI is InChI=1S/C17H18Cl2N2O3S/c1-25(23,24)21(16-7-3-6-15(19)11-16)12-17(22)20-9-8-13-4-2-5-14(18)10-13/h2-7,10-11H,8-9,12H2,1H3,(H,20,22). The van der Waals surface area contributed by atoms with Crippen molar-refractivity contribution in [1.29, 1.82) is 0 Å². The molecule has 0 aliphatic rings. The summed E-state index contributed by atoms with van der Waals surface area (Å²) in [6, 6.07) is 13.7. The van der Waals surface area contributed by atoms with Gasteiger partial charge in [0.1, 0.15) is 6.54 Å². The molecule has 1 N–H and O–H groups in total. The summed E-state index contributed by atoms with van der Waals surface area (Å²) in [6.07, 6.45) is 1.65. The highest BCUT2D eigenvalue weighted by Crippen LogP contribution is 2.21. The van der Waals surface area contributed by atoms with Gasteiger partial charge in [-0.1, -0.05) is 41.4 Å². The minimum atomic E-state index is -3.62. The van der Waals surface area contributed by atoms with Crippen LogP contribution in [0.1, 0.15) is 5.56 Å². The number of anilines is 1. The summed E-state index contributed by atoms with van der Waals surface area (Å²) in [5, 5.41) is 3.74. The summed E-state index contributed by atoms with van der Waals surface area (Å²) < 4.78 is 25.0. The third-order valence-electron chi connectivity index (χ3n) is 3.41. The maximum Gasteiger partial charge on any atom is 0.240 e. The monoisotopic (exact) mass is 400 g/mol. The van der Waals surface area contributed by atoms with E-state index in [1.165, 1.54) is 6.07 Å². The number of benzene rings is 2. The first-order chi connectivity index (χ1) is 11.8. The number of carbonyl (C=O) groups excluding carboxylic acids is 1. The van der Waals surface area contributed by atoms with E-state index >= 15 is 0 Å². The second-order valence-corrected chi connectivity index (χ2v) is 8.26. The van der Waals surface area contributed by atoms with E-state index in [9.17, 15) is 13.2 Å². The van der Waals surface area contributed by atoms with Crippen LogP contribution in [-0.2, 0) is 21.2 Å². The number of nitrogens with one attached hydrogen (secondary N) is 1. The number of nitrogens with zero attached hydrogens (tertiary/aromatic N) is 1. The maximum absolute atomic E-state index is 12.1. The van der Waals surface area contributed by atoms with Crippen LogP contribution in [0.15, 0.2) is 48.5 Å². The second kappa shape index (κ2) is 8.56. The minimum absolute atomic E-state index is 0.311. The summed E-state index contributed by atoms with van der Waals surface area (Å²) in [5.41, 5.74) is 1.34. The molecular formula is C17H18Cl2N2O3S. The van der Waals surface area contributed by atoms with Gasteiger partial charge in [0, 0.05) is 16.6 Å². The van der Waals surface area contributed by atoms with Crippen LogP contribution in [0.25, 0.3) is 0 Å². The molecule has 0 aromatic heterocycles. The van der Waals surface area contributed by atoms with Crippen molar-refractivity contribution in [3.8, 4) is 0 Å². The number of hydrogen-bond acceptors (Lipinski definition) is 3. The Morgan fingerprint density at radius 1 is 1.08 bits per heavy atom. The van der Waals surface area contributed by atoms with Gasteiger partial charge in [-0.3, -0.25) is 9.10 Å². The molecule has 8 heteroatoms. The first-order valence-electron chi connectivity index (χ1n) is 7.50. The highest BCUT2D eigenvalue weighted by atomic mass is 35.5. The Balaban J connectivity index is 1.98. The van der Waals surface area contributed by atoms with Crippen molar-refractivity contribution in [3.63, 3.8) is 0 Å². The zero-order chi connectivity index (χ0) is 18.4. The average Bonchev–Trinajstić information content (AvgIpc) is 2.51. The van der Waals surface area contributed by atoms with E-state index in [-0.39, 0.29) is 6.54 Å². The fourth-order valence-corrected chi connectivity index (χ4v) is 3.50. The number of hydrogen-bond donors (Lipinski definition) is 1. The number of carbonyl (C=O) groups is 1. The Morgan fingerprint density at radius 2 is 1.72 bits per heavy atom. The quantitative estimate of drug-likeness (QED) is 0.775. The van der Waals surface area contributed by atoms with Crippen molar-refractivity contribution in [1.82, 2.24) is 5.32 Å². The molecule has 0 radical (unpaired) electrons. The molecule has 134 valence electrons. The van der Waals surface area contributed by atoms with Crippen molar-refractivity contribution in [3.05, 3.63) is 64.1 Å². The van der Waals surface area contributed by atoms with Crippen molar-refractivity contribution in [2.24, 2.45) is 0 Å². The average molecular weight is 401 g/mol. The zero-order valence-electron chi connectivity index (χ0n) is 13.6. The number of amides is 1. The molecule has 2 rings (SSSR count). The topological polar surface area (TPSA) is 66.5 Å². The lowest BCUT2D eigenvalue weighted by Gasteiger charge is -2.22. The lowest BCUT2D eigenvalue weighted by molar-refractivity contribution is -0.119. The highest BCUT2D eigenvalue weighted by molar-refractivity contribution is 7.92. The Labute approximate surface area is 157 Å². The Hall–Kier alpha value is -1.76. The van der Waals surface area contributed by atoms with Gasteiger partial charge < -0.3 is 5.32 Å². The predicted molar refractivity (Wildman–Crippen MR) is 102 cm³/mol. The number of rotatable bonds is 7. The molecule has 0 atom stereocenters. The fourth-order valence-electron chi connectivity index (χ4n) is 2.26. The summed E-state index contributed by atoms with van der Waals surface area (Å²) >= 11 is 11.8. The molecule has 0 spiro atoms. The van der Waals surface area contributed by atoms with Crippen LogP contribution in [0, 0.1) is 0 Å². The molecule has 0 saturated carbocycles. The van der Waals surface area contributed by atoms with Crippen molar-refractivity contribution in [2.75, 3.05) is 23.7 Å². The summed E-state index contributed by atoms with van der Waals surface area (Å²) in [4.78, 5) is 12.1. The molecule has 5 nitrogen and oxygen atoms in total. The smallest absolute Gasteiger partial charge is 0.240 e. The van der Waals surface area contributed by atoms with E-state index in [2.05, 4.69) is 5.32 Å². The molecule has 2 aromatic rings. The van der Waals surface area contributed by atoms with E-state index in [0.717, 1.165) is 16.1 Å². The van der Waals surface area contributed by atoms with Crippen LogP contribution in [0.3, 0.4) is 0 Å². The van der Waals surface area contributed by atoms with Crippen LogP contribution in [-0.4, -0.2) is 33.7 Å². The predicted octanol–water partition coefficient (Wildman–Crippen LogP) is 3.12. The first kappa shape index (κ1) is 19.6. The maximum atomic E-state index is 12.1. The van der Waals surface area contributed by atoms with Gasteiger partial charge in [-0.15, -0.1) is 0 Å². The number of sulfonamides is 1. The third kappa shape index (κ3) is 6.23. The van der Waals surface area contributed by atoms with Crippen molar-refractivity contribution < 1.29 is 13.2 Å². The van der Waals surface area contributed by atoms with Gasteiger partial charge in [0.2, 0.25) is 15.9 Å². The molecular weight excluding hydrogens is 383 g/mol. The SMILES string of the molecule is CS(=O)(=O)N(CC(=O)NCCc1cccc(Cl)c1)c1cccc(Cl)c1. The van der Waals surface area contributed by atoms with Crippen molar-refractivity contribution >= 4 is 44.8 Å². The lowest BCUT2D eigenvalue weighted by atomic mass is 10.1. The van der Waals surface area contributed by atoms with Gasteiger partial charge in [0.15, 0.2) is 0 Å². The van der Waals surface area contributed by atoms with E-state index in [1.54, 1.807) is 24.3 Å². The van der Waals surface area contributed by atoms with Crippen LogP contribution in [0.2, 0.25) is 10.0 Å². The molecule has 1 amide bonds. The molecule has 0 unspecified atom stereocenters. The fraction of sp³-hybridized carbons (Fsp3) is 0.235. The molecule has 0 bridgehead atoms. The highest BCUT2D eigenvalue weighted by Gasteiger charge is 2.20. The lowest BCUT2D eigenvalue weighted by Crippen LogP contribution is -2.40. The molecule has 0 saturated heterocycles. The molecule has 25 heavy (non-hydrogen) atoms. The van der Waals surface area contributed by atoms with Gasteiger partial charge in [-0.2, -0.15) is 0 Å². The Morgan fingerprint density at radius 3 is 2.32 bits per heavy atom. The van der Waals surface area contributed by atoms with Gasteiger partial charge >= 0.3 is 0 Å². The van der Waals surface area contributed by atoms with Gasteiger partial charge in [-0.05, 0) is 42.3 Å². The number of halogens is 2. The molecule has 0 fully saturated rings. The summed E-state index contributed by atoms with van der Waals surface area (Å²) in [6.45, 7) is 0.0705. The van der Waals surface area contributed by atoms with Crippen LogP contribution >= 0.6 is 23.2 Å². The van der Waals surface area contributed by atoms with E-state index in [1.807, 2.05) is 18.2 Å². The first-order valence-corrected chi connectivity index (χ1v) is 10.1. The van der Waals surface area contributed by atoms with Crippen LogP contribution < -0.4 is 9.62 Å². The van der Waals surface area contributed by atoms with E-state index < -0.39 is 15.9 Å². The largest absolute Gasteiger partial charge is 0.354 e. The van der Waals surface area contributed by atoms with Gasteiger partial charge in [-0.25, -0.2) is 8.42 Å². The van der Waals surface area contributed by atoms with Crippen LogP contribution in [0.4, 0.5) is 5.69 Å². The molecule has 0 heterocycles. The van der Waals surface area contributed by atoms with Crippen molar-refractivity contribution in [2.45, 2.75) is 6.42 Å². The van der Waals surface area contributed by atoms with E-state index in [4.69, 9.17) is 23.2 Å². The normalized spacial score (nSPS) is 11.2. The van der Waals surface area contributed by atoms with Gasteiger partial charge in [0.25, 0.3) is 0 Å². The third-order valence-corrected chi connectivity index (χ3v) is 5.02. The zero-order valence-corrected chi connectivity index (χ0v) is 15.9. The molecule has 0 aliphatic carbocycles. The molecule has 0 aliphatic heterocycles.